The maximum Gasteiger partial charge on any atom is 0.417 e. The van der Waals surface area contributed by atoms with E-state index in [0.29, 0.717) is 30.7 Å². The molecule has 0 bridgehead atoms. The molecule has 2 rings (SSSR count). The van der Waals surface area contributed by atoms with Crippen molar-refractivity contribution in [1.82, 2.24) is 0 Å². The van der Waals surface area contributed by atoms with Gasteiger partial charge in [0.25, 0.3) is 0 Å². The van der Waals surface area contributed by atoms with E-state index in [9.17, 15) is 26.3 Å². The number of hydrogen-bond acceptors (Lipinski definition) is 2. The van der Waals surface area contributed by atoms with Crippen LogP contribution < -0.4 is 0 Å². The first-order valence-corrected chi connectivity index (χ1v) is 6.28. The summed E-state index contributed by atoms with van der Waals surface area (Å²) in [4.78, 5) is -0.343. The number of nitriles is 1. The van der Waals surface area contributed by atoms with Gasteiger partial charge in [0, 0.05) is 4.90 Å². The highest BCUT2D eigenvalue weighted by Crippen LogP contribution is 2.53. The minimum Gasteiger partial charge on any atom is -0.197 e. The zero-order valence-corrected chi connectivity index (χ0v) is 10.6. The third-order valence-corrected chi connectivity index (χ3v) is 4.29. The van der Waals surface area contributed by atoms with Gasteiger partial charge in [-0.1, -0.05) is 0 Å². The Bertz CT molecular complexity index is 565. The van der Waals surface area contributed by atoms with Crippen molar-refractivity contribution in [3.8, 4) is 6.07 Å². The Balaban J connectivity index is 2.45. The lowest BCUT2D eigenvalue weighted by molar-refractivity contribution is -0.144. The average Bonchev–Trinajstić information content (AvgIpc) is 3.07. The summed E-state index contributed by atoms with van der Waals surface area (Å²) in [5, 5.41) is 8.86. The summed E-state index contributed by atoms with van der Waals surface area (Å²) in [6.45, 7) is 0. The van der Waals surface area contributed by atoms with Crippen molar-refractivity contribution in [3.63, 3.8) is 0 Å². The van der Waals surface area contributed by atoms with Gasteiger partial charge in [-0.2, -0.15) is 31.6 Å². The maximum atomic E-state index is 12.9. The molecule has 0 aromatic heterocycles. The first kappa shape index (κ1) is 15.0. The third-order valence-electron chi connectivity index (χ3n) is 2.83. The molecule has 0 unspecified atom stereocenters. The van der Waals surface area contributed by atoms with Crippen LogP contribution in [0.4, 0.5) is 26.3 Å². The smallest absolute Gasteiger partial charge is 0.197 e. The van der Waals surface area contributed by atoms with Gasteiger partial charge in [0.2, 0.25) is 0 Å². The van der Waals surface area contributed by atoms with E-state index < -0.39 is 28.2 Å². The van der Waals surface area contributed by atoms with Crippen molar-refractivity contribution in [1.29, 1.82) is 5.26 Å². The normalized spacial score (nSPS) is 17.6. The van der Waals surface area contributed by atoms with Crippen LogP contribution in [-0.4, -0.2) is 4.75 Å². The highest BCUT2D eigenvalue weighted by Gasteiger charge is 2.47. The molecule has 108 valence electrons. The highest BCUT2D eigenvalue weighted by atomic mass is 32.2. The Morgan fingerprint density at radius 3 is 2.05 bits per heavy atom. The molecule has 1 aliphatic carbocycles. The van der Waals surface area contributed by atoms with Crippen LogP contribution in [-0.2, 0) is 12.4 Å². The standard InChI is InChI=1S/C12H7F6NS/c13-11(14,15)7-1-2-9(8(5-7)12(16,17)18)20-10(6-19)3-4-10/h1-2,5H,3-4H2. The first-order chi connectivity index (χ1) is 9.07. The zero-order chi connectivity index (χ0) is 15.2. The summed E-state index contributed by atoms with van der Waals surface area (Å²) in [6.07, 6.45) is -8.86. The van der Waals surface area contributed by atoms with E-state index in [0.717, 1.165) is 6.07 Å². The van der Waals surface area contributed by atoms with Crippen LogP contribution in [0, 0.1) is 11.3 Å². The summed E-state index contributed by atoms with van der Waals surface area (Å²) < 4.78 is 75.1. The molecule has 20 heavy (non-hydrogen) atoms. The second kappa shape index (κ2) is 4.58. The van der Waals surface area contributed by atoms with Gasteiger partial charge in [-0.3, -0.25) is 0 Å². The second-order valence-corrected chi connectivity index (χ2v) is 5.84. The monoisotopic (exact) mass is 311 g/mol. The van der Waals surface area contributed by atoms with Gasteiger partial charge in [0.05, 0.1) is 17.2 Å². The summed E-state index contributed by atoms with van der Waals surface area (Å²) in [5.74, 6) is 0. The van der Waals surface area contributed by atoms with Crippen LogP contribution in [0.3, 0.4) is 0 Å². The molecule has 1 aromatic carbocycles. The molecule has 0 N–H and O–H groups in total. The molecule has 0 aliphatic heterocycles. The van der Waals surface area contributed by atoms with Crippen LogP contribution >= 0.6 is 11.8 Å². The van der Waals surface area contributed by atoms with Crippen LogP contribution in [0.25, 0.3) is 0 Å². The van der Waals surface area contributed by atoms with E-state index in [1.165, 1.54) is 0 Å². The molecule has 0 saturated heterocycles. The molecule has 0 amide bonds. The molecule has 1 nitrogen and oxygen atoms in total. The predicted molar refractivity (Wildman–Crippen MR) is 59.9 cm³/mol. The van der Waals surface area contributed by atoms with Gasteiger partial charge in [-0.05, 0) is 31.0 Å². The number of hydrogen-bond donors (Lipinski definition) is 0. The SMILES string of the molecule is N#CC1(Sc2ccc(C(F)(F)F)cc2C(F)(F)F)CC1. The third kappa shape index (κ3) is 3.03. The summed E-state index contributed by atoms with van der Waals surface area (Å²) in [5.41, 5.74) is -2.70. The van der Waals surface area contributed by atoms with Gasteiger partial charge in [-0.15, -0.1) is 11.8 Å². The van der Waals surface area contributed by atoms with Gasteiger partial charge in [0.15, 0.2) is 0 Å². The maximum absolute atomic E-state index is 12.9. The average molecular weight is 311 g/mol. The Hall–Kier alpha value is -1.36. The number of rotatable bonds is 2. The van der Waals surface area contributed by atoms with Crippen molar-refractivity contribution in [3.05, 3.63) is 29.3 Å². The Labute approximate surface area is 114 Å². The number of thioether (sulfide) groups is 1. The lowest BCUT2D eigenvalue weighted by atomic mass is 10.1. The molecule has 1 fully saturated rings. The van der Waals surface area contributed by atoms with Crippen molar-refractivity contribution < 1.29 is 26.3 Å². The van der Waals surface area contributed by atoms with Crippen molar-refractivity contribution >= 4 is 11.8 Å². The molecule has 1 saturated carbocycles. The molecule has 1 aromatic rings. The number of alkyl halides is 6. The van der Waals surface area contributed by atoms with Gasteiger partial charge in [0.1, 0.15) is 4.75 Å². The first-order valence-electron chi connectivity index (χ1n) is 5.46. The van der Waals surface area contributed by atoms with Gasteiger partial charge < -0.3 is 0 Å². The fraction of sp³-hybridized carbons (Fsp3) is 0.417. The lowest BCUT2D eigenvalue weighted by Crippen LogP contribution is -2.13. The fourth-order valence-corrected chi connectivity index (χ4v) is 2.77. The lowest BCUT2D eigenvalue weighted by Gasteiger charge is -2.16. The molecule has 0 heterocycles. The van der Waals surface area contributed by atoms with Crippen molar-refractivity contribution in [2.24, 2.45) is 0 Å². The number of halogens is 6. The molecule has 1 aliphatic rings. The second-order valence-electron chi connectivity index (χ2n) is 4.41. The van der Waals surface area contributed by atoms with E-state index in [1.54, 1.807) is 0 Å². The quantitative estimate of drug-likeness (QED) is 0.727. The molecule has 0 spiro atoms. The summed E-state index contributed by atoms with van der Waals surface area (Å²) in [6, 6.07) is 3.38. The molecular formula is C12H7F6NS. The molecule has 0 atom stereocenters. The molecule has 8 heteroatoms. The Morgan fingerprint density at radius 1 is 1.05 bits per heavy atom. The minimum atomic E-state index is -4.89. The summed E-state index contributed by atoms with van der Waals surface area (Å²) >= 11 is 0.681. The van der Waals surface area contributed by atoms with Crippen molar-refractivity contribution in [2.75, 3.05) is 0 Å². The van der Waals surface area contributed by atoms with Crippen LogP contribution in [0.1, 0.15) is 24.0 Å². The number of benzene rings is 1. The predicted octanol–water partition coefficient (Wildman–Crippen LogP) is 4.87. The Morgan fingerprint density at radius 2 is 1.65 bits per heavy atom. The molecule has 0 radical (unpaired) electrons. The number of nitrogens with zero attached hydrogens (tertiary/aromatic N) is 1. The van der Waals surface area contributed by atoms with Crippen LogP contribution in [0.15, 0.2) is 23.1 Å². The van der Waals surface area contributed by atoms with Gasteiger partial charge >= 0.3 is 12.4 Å². The van der Waals surface area contributed by atoms with E-state index in [1.807, 2.05) is 6.07 Å². The van der Waals surface area contributed by atoms with E-state index in [4.69, 9.17) is 5.26 Å². The van der Waals surface area contributed by atoms with Crippen LogP contribution in [0.2, 0.25) is 0 Å². The Kier molecular flexibility index (Phi) is 3.45. The van der Waals surface area contributed by atoms with E-state index in [-0.39, 0.29) is 11.0 Å². The highest BCUT2D eigenvalue weighted by molar-refractivity contribution is 8.01. The fourth-order valence-electron chi connectivity index (χ4n) is 1.58. The van der Waals surface area contributed by atoms with Gasteiger partial charge in [-0.25, -0.2) is 0 Å². The van der Waals surface area contributed by atoms with E-state index >= 15 is 0 Å². The largest absolute Gasteiger partial charge is 0.417 e. The van der Waals surface area contributed by atoms with Crippen LogP contribution in [0.5, 0.6) is 0 Å². The van der Waals surface area contributed by atoms with Crippen molar-refractivity contribution in [2.45, 2.75) is 34.8 Å². The zero-order valence-electron chi connectivity index (χ0n) is 9.77. The van der Waals surface area contributed by atoms with E-state index in [2.05, 4.69) is 0 Å². The molecular weight excluding hydrogens is 304 g/mol. The minimum absolute atomic E-state index is 0.0930. The topological polar surface area (TPSA) is 23.8 Å². The summed E-state index contributed by atoms with van der Waals surface area (Å²) in [7, 11) is 0.